The van der Waals surface area contributed by atoms with Gasteiger partial charge in [0.1, 0.15) is 5.75 Å². The van der Waals surface area contributed by atoms with Crippen molar-refractivity contribution in [2.45, 2.75) is 44.4 Å². The minimum atomic E-state index is 0.363. The third kappa shape index (κ3) is 2.86. The zero-order chi connectivity index (χ0) is 12.8. The van der Waals surface area contributed by atoms with Crippen molar-refractivity contribution < 1.29 is 4.74 Å². The molecule has 0 bridgehead atoms. The van der Waals surface area contributed by atoms with E-state index < -0.39 is 0 Å². The highest BCUT2D eigenvalue weighted by Crippen LogP contribution is 2.41. The fraction of sp³-hybridized carbons (Fsp3) is 0.625. The van der Waals surface area contributed by atoms with Crippen LogP contribution in [-0.2, 0) is 5.41 Å². The molecule has 1 aliphatic rings. The first-order chi connectivity index (χ1) is 8.80. The molecule has 1 aromatic rings. The Morgan fingerprint density at radius 1 is 1.17 bits per heavy atom. The first-order valence-electron chi connectivity index (χ1n) is 7.16. The molecular weight excluding hydrogens is 222 g/mol. The standard InChI is InChI=1S/C16H25NO/c1-3-12-17-13-16(10-4-5-11-16)14-6-8-15(18-2)9-7-14/h6-9,17H,3-5,10-13H2,1-2H3. The summed E-state index contributed by atoms with van der Waals surface area (Å²) in [7, 11) is 1.73. The van der Waals surface area contributed by atoms with Gasteiger partial charge in [0.05, 0.1) is 7.11 Å². The van der Waals surface area contributed by atoms with Crippen molar-refractivity contribution in [2.75, 3.05) is 20.2 Å². The third-order valence-corrected chi connectivity index (χ3v) is 4.15. The molecule has 18 heavy (non-hydrogen) atoms. The van der Waals surface area contributed by atoms with Crippen LogP contribution in [0, 0.1) is 0 Å². The van der Waals surface area contributed by atoms with Gasteiger partial charge >= 0.3 is 0 Å². The molecule has 0 saturated heterocycles. The third-order valence-electron chi connectivity index (χ3n) is 4.15. The zero-order valence-electron chi connectivity index (χ0n) is 11.7. The van der Waals surface area contributed by atoms with Gasteiger partial charge in [0.2, 0.25) is 0 Å². The van der Waals surface area contributed by atoms with E-state index in [0.717, 1.165) is 18.8 Å². The van der Waals surface area contributed by atoms with Crippen LogP contribution in [0.2, 0.25) is 0 Å². The maximum absolute atomic E-state index is 5.25. The van der Waals surface area contributed by atoms with E-state index in [1.807, 2.05) is 0 Å². The number of hydrogen-bond acceptors (Lipinski definition) is 2. The lowest BCUT2D eigenvalue weighted by atomic mass is 9.79. The van der Waals surface area contributed by atoms with Crippen molar-refractivity contribution in [3.05, 3.63) is 29.8 Å². The number of benzene rings is 1. The first-order valence-corrected chi connectivity index (χ1v) is 7.16. The van der Waals surface area contributed by atoms with E-state index in [4.69, 9.17) is 4.74 Å². The van der Waals surface area contributed by atoms with Crippen molar-refractivity contribution in [2.24, 2.45) is 0 Å². The summed E-state index contributed by atoms with van der Waals surface area (Å²) in [6, 6.07) is 8.68. The van der Waals surface area contributed by atoms with Gasteiger partial charge in [0.15, 0.2) is 0 Å². The van der Waals surface area contributed by atoms with Crippen LogP contribution in [0.1, 0.15) is 44.6 Å². The average molecular weight is 247 g/mol. The Morgan fingerprint density at radius 2 is 1.83 bits per heavy atom. The van der Waals surface area contributed by atoms with Gasteiger partial charge in [0.25, 0.3) is 0 Å². The summed E-state index contributed by atoms with van der Waals surface area (Å²) in [5.41, 5.74) is 1.84. The Labute approximate surface area is 111 Å². The van der Waals surface area contributed by atoms with E-state index in [2.05, 4.69) is 36.5 Å². The van der Waals surface area contributed by atoms with E-state index in [1.54, 1.807) is 7.11 Å². The van der Waals surface area contributed by atoms with E-state index in [-0.39, 0.29) is 0 Å². The lowest BCUT2D eigenvalue weighted by molar-refractivity contribution is 0.400. The van der Waals surface area contributed by atoms with Crippen molar-refractivity contribution >= 4 is 0 Å². The predicted octanol–water partition coefficient (Wildman–Crippen LogP) is 3.51. The van der Waals surface area contributed by atoms with E-state index in [1.165, 1.54) is 37.7 Å². The second-order valence-electron chi connectivity index (χ2n) is 5.39. The normalized spacial score (nSPS) is 17.9. The highest BCUT2D eigenvalue weighted by Gasteiger charge is 2.34. The maximum Gasteiger partial charge on any atom is 0.118 e. The molecule has 0 radical (unpaired) electrons. The van der Waals surface area contributed by atoms with Crippen LogP contribution < -0.4 is 10.1 Å². The molecule has 1 N–H and O–H groups in total. The lowest BCUT2D eigenvalue weighted by Gasteiger charge is -2.30. The summed E-state index contributed by atoms with van der Waals surface area (Å²) in [6.45, 7) is 4.47. The topological polar surface area (TPSA) is 21.3 Å². The molecule has 100 valence electrons. The van der Waals surface area contributed by atoms with Crippen molar-refractivity contribution in [3.63, 3.8) is 0 Å². The molecule has 0 amide bonds. The Balaban J connectivity index is 2.12. The molecule has 0 unspecified atom stereocenters. The van der Waals surface area contributed by atoms with Crippen LogP contribution >= 0.6 is 0 Å². The number of hydrogen-bond donors (Lipinski definition) is 1. The predicted molar refractivity (Wildman–Crippen MR) is 76.3 cm³/mol. The van der Waals surface area contributed by atoms with Crippen LogP contribution in [-0.4, -0.2) is 20.2 Å². The van der Waals surface area contributed by atoms with Gasteiger partial charge in [-0.1, -0.05) is 31.9 Å². The molecule has 1 aromatic carbocycles. The van der Waals surface area contributed by atoms with Gasteiger partial charge in [0, 0.05) is 12.0 Å². The first kappa shape index (κ1) is 13.4. The van der Waals surface area contributed by atoms with E-state index in [0.29, 0.717) is 5.41 Å². The summed E-state index contributed by atoms with van der Waals surface area (Å²) in [5.74, 6) is 0.952. The van der Waals surface area contributed by atoms with Gasteiger partial charge < -0.3 is 10.1 Å². The second kappa shape index (κ2) is 6.24. The highest BCUT2D eigenvalue weighted by atomic mass is 16.5. The molecule has 0 aromatic heterocycles. The van der Waals surface area contributed by atoms with Crippen molar-refractivity contribution in [3.8, 4) is 5.75 Å². The fourth-order valence-electron chi connectivity index (χ4n) is 3.07. The van der Waals surface area contributed by atoms with Gasteiger partial charge in [-0.05, 0) is 43.5 Å². The Bertz CT molecular complexity index is 352. The summed E-state index contributed by atoms with van der Waals surface area (Å²) in [5, 5.41) is 3.61. The highest BCUT2D eigenvalue weighted by molar-refractivity contribution is 5.33. The molecule has 2 rings (SSSR count). The van der Waals surface area contributed by atoms with Gasteiger partial charge in [-0.25, -0.2) is 0 Å². The summed E-state index contributed by atoms with van der Waals surface area (Å²) >= 11 is 0. The minimum absolute atomic E-state index is 0.363. The molecule has 1 aliphatic carbocycles. The number of ether oxygens (including phenoxy) is 1. The van der Waals surface area contributed by atoms with E-state index in [9.17, 15) is 0 Å². The van der Waals surface area contributed by atoms with Crippen molar-refractivity contribution in [1.29, 1.82) is 0 Å². The van der Waals surface area contributed by atoms with Gasteiger partial charge in [-0.15, -0.1) is 0 Å². The summed E-state index contributed by atoms with van der Waals surface area (Å²) in [4.78, 5) is 0. The monoisotopic (exact) mass is 247 g/mol. The van der Waals surface area contributed by atoms with E-state index >= 15 is 0 Å². The van der Waals surface area contributed by atoms with Crippen LogP contribution in [0.3, 0.4) is 0 Å². The summed E-state index contributed by atoms with van der Waals surface area (Å²) in [6.07, 6.45) is 6.56. The molecule has 2 heteroatoms. The molecule has 1 fully saturated rings. The largest absolute Gasteiger partial charge is 0.497 e. The lowest BCUT2D eigenvalue weighted by Crippen LogP contribution is -2.36. The molecule has 0 atom stereocenters. The Kier molecular flexibility index (Phi) is 4.65. The molecular formula is C16H25NO. The SMILES string of the molecule is CCCNCC1(c2ccc(OC)cc2)CCCC1. The molecule has 2 nitrogen and oxygen atoms in total. The Hall–Kier alpha value is -1.02. The van der Waals surface area contributed by atoms with Gasteiger partial charge in [-0.3, -0.25) is 0 Å². The van der Waals surface area contributed by atoms with Crippen LogP contribution in [0.5, 0.6) is 5.75 Å². The van der Waals surface area contributed by atoms with Crippen LogP contribution in [0.4, 0.5) is 0 Å². The maximum atomic E-state index is 5.25. The number of methoxy groups -OCH3 is 1. The molecule has 0 heterocycles. The number of rotatable bonds is 6. The molecule has 0 aliphatic heterocycles. The zero-order valence-corrected chi connectivity index (χ0v) is 11.7. The fourth-order valence-corrected chi connectivity index (χ4v) is 3.07. The van der Waals surface area contributed by atoms with Crippen LogP contribution in [0.25, 0.3) is 0 Å². The minimum Gasteiger partial charge on any atom is -0.497 e. The molecule has 1 saturated carbocycles. The summed E-state index contributed by atoms with van der Waals surface area (Å²) < 4.78 is 5.25. The second-order valence-corrected chi connectivity index (χ2v) is 5.39. The number of nitrogens with one attached hydrogen (secondary N) is 1. The van der Waals surface area contributed by atoms with Crippen LogP contribution in [0.15, 0.2) is 24.3 Å². The molecule has 0 spiro atoms. The van der Waals surface area contributed by atoms with Gasteiger partial charge in [-0.2, -0.15) is 0 Å². The van der Waals surface area contributed by atoms with Crippen molar-refractivity contribution in [1.82, 2.24) is 5.32 Å². The average Bonchev–Trinajstić information content (AvgIpc) is 2.89. The quantitative estimate of drug-likeness (QED) is 0.777. The Morgan fingerprint density at radius 3 is 2.39 bits per heavy atom. The smallest absolute Gasteiger partial charge is 0.118 e.